The molecule has 2 aliphatic rings. The third-order valence-electron chi connectivity index (χ3n) is 6.34. The van der Waals surface area contributed by atoms with Crippen molar-refractivity contribution in [2.24, 2.45) is 0 Å². The number of nitrogens with one attached hydrogen (secondary N) is 2. The minimum atomic E-state index is -0.336. The van der Waals surface area contributed by atoms with Crippen molar-refractivity contribution in [3.05, 3.63) is 58.6 Å². The van der Waals surface area contributed by atoms with Crippen LogP contribution in [0.4, 0.5) is 5.69 Å². The Morgan fingerprint density at radius 3 is 2.77 bits per heavy atom. The molecule has 8 nitrogen and oxygen atoms in total. The SMILES string of the molecule is CCCNC(=O)C[C@H]1CC[C@@H]2[C@H](COc3ccc(NC(=O)c4cccc(Cl)c4)cc3C(=O)N2C)O1. The average Bonchev–Trinajstić information content (AvgIpc) is 2.85. The monoisotopic (exact) mass is 499 g/mol. The van der Waals surface area contributed by atoms with Crippen molar-refractivity contribution < 1.29 is 23.9 Å². The van der Waals surface area contributed by atoms with Crippen LogP contribution in [0.5, 0.6) is 5.75 Å². The van der Waals surface area contributed by atoms with Gasteiger partial charge in [-0.3, -0.25) is 14.4 Å². The first kappa shape index (κ1) is 25.0. The number of ether oxygens (including phenoxy) is 2. The zero-order valence-corrected chi connectivity index (χ0v) is 20.6. The summed E-state index contributed by atoms with van der Waals surface area (Å²) in [6.45, 7) is 2.92. The van der Waals surface area contributed by atoms with Crippen molar-refractivity contribution in [2.75, 3.05) is 25.5 Å². The lowest BCUT2D eigenvalue weighted by Gasteiger charge is -2.42. The molecular weight excluding hydrogens is 470 g/mol. The fourth-order valence-electron chi connectivity index (χ4n) is 4.48. The number of likely N-dealkylation sites (N-methyl/N-ethyl adjacent to an activating group) is 1. The molecule has 9 heteroatoms. The largest absolute Gasteiger partial charge is 0.490 e. The highest BCUT2D eigenvalue weighted by molar-refractivity contribution is 6.31. The fraction of sp³-hybridized carbons (Fsp3) is 0.423. The molecule has 0 aromatic heterocycles. The van der Waals surface area contributed by atoms with Crippen molar-refractivity contribution in [1.29, 1.82) is 0 Å². The second kappa shape index (κ2) is 11.1. The van der Waals surface area contributed by atoms with Crippen LogP contribution in [0.15, 0.2) is 42.5 Å². The average molecular weight is 500 g/mol. The smallest absolute Gasteiger partial charge is 0.257 e. The van der Waals surface area contributed by atoms with Crippen molar-refractivity contribution in [3.63, 3.8) is 0 Å². The van der Waals surface area contributed by atoms with Gasteiger partial charge in [-0.1, -0.05) is 24.6 Å². The summed E-state index contributed by atoms with van der Waals surface area (Å²) < 4.78 is 12.2. The highest BCUT2D eigenvalue weighted by Gasteiger charge is 2.39. The minimum absolute atomic E-state index is 0.0239. The highest BCUT2D eigenvalue weighted by atomic mass is 35.5. The Kier molecular flexibility index (Phi) is 7.93. The van der Waals surface area contributed by atoms with Crippen LogP contribution in [0, 0.1) is 0 Å². The summed E-state index contributed by atoms with van der Waals surface area (Å²) in [7, 11) is 1.75. The molecule has 1 saturated heterocycles. The summed E-state index contributed by atoms with van der Waals surface area (Å²) >= 11 is 5.99. The Morgan fingerprint density at radius 1 is 1.17 bits per heavy atom. The van der Waals surface area contributed by atoms with Crippen LogP contribution in [0.1, 0.15) is 53.3 Å². The zero-order chi connectivity index (χ0) is 24.9. The molecule has 2 heterocycles. The molecule has 3 amide bonds. The van der Waals surface area contributed by atoms with Crippen molar-refractivity contribution in [2.45, 2.75) is 50.9 Å². The quantitative estimate of drug-likeness (QED) is 0.628. The van der Waals surface area contributed by atoms with Gasteiger partial charge in [0, 0.05) is 29.9 Å². The highest BCUT2D eigenvalue weighted by Crippen LogP contribution is 2.32. The van der Waals surface area contributed by atoms with E-state index in [4.69, 9.17) is 21.1 Å². The molecule has 0 aliphatic carbocycles. The first-order valence-electron chi connectivity index (χ1n) is 11.9. The van der Waals surface area contributed by atoms with E-state index in [2.05, 4.69) is 10.6 Å². The van der Waals surface area contributed by atoms with Crippen LogP contribution in [-0.4, -0.2) is 61.1 Å². The van der Waals surface area contributed by atoms with E-state index in [0.717, 1.165) is 6.42 Å². The van der Waals surface area contributed by atoms with Gasteiger partial charge < -0.3 is 25.0 Å². The number of carbonyl (C=O) groups excluding carboxylic acids is 3. The van der Waals surface area contributed by atoms with Crippen LogP contribution < -0.4 is 15.4 Å². The van der Waals surface area contributed by atoms with Gasteiger partial charge in [-0.25, -0.2) is 0 Å². The van der Waals surface area contributed by atoms with Gasteiger partial charge in [0.05, 0.1) is 24.1 Å². The second-order valence-corrected chi connectivity index (χ2v) is 9.33. The summed E-state index contributed by atoms with van der Waals surface area (Å²) in [6, 6.07) is 11.5. The number of halogens is 1. The number of hydrogen-bond acceptors (Lipinski definition) is 5. The van der Waals surface area contributed by atoms with E-state index in [1.807, 2.05) is 6.92 Å². The standard InChI is InChI=1S/C26H30ClN3O5/c1-3-11-28-24(31)14-19-8-9-21-23(35-19)15-34-22-10-7-18(13-20(22)26(33)30(21)2)29-25(32)16-5-4-6-17(27)12-16/h4-7,10,12-13,19,21,23H,3,8-9,11,14-15H2,1-2H3,(H,28,31)(H,29,32)/t19-,21-,23+/m1/s1. The maximum absolute atomic E-state index is 13.4. The molecule has 0 spiro atoms. The van der Waals surface area contributed by atoms with Crippen LogP contribution in [-0.2, 0) is 9.53 Å². The molecule has 0 unspecified atom stereocenters. The van der Waals surface area contributed by atoms with Gasteiger partial charge >= 0.3 is 0 Å². The molecule has 0 saturated carbocycles. The van der Waals surface area contributed by atoms with Crippen LogP contribution in [0.3, 0.4) is 0 Å². The summed E-state index contributed by atoms with van der Waals surface area (Å²) in [5, 5.41) is 6.17. The molecular formula is C26H30ClN3O5. The van der Waals surface area contributed by atoms with E-state index in [1.165, 1.54) is 0 Å². The zero-order valence-electron chi connectivity index (χ0n) is 19.9. The van der Waals surface area contributed by atoms with Gasteiger partial charge in [0.1, 0.15) is 18.5 Å². The molecule has 0 bridgehead atoms. The molecule has 2 aromatic carbocycles. The Hall–Kier alpha value is -3.10. The number of fused-ring (bicyclic) bond motifs is 2. The molecule has 2 N–H and O–H groups in total. The molecule has 186 valence electrons. The Morgan fingerprint density at radius 2 is 2.00 bits per heavy atom. The number of benzene rings is 2. The van der Waals surface area contributed by atoms with E-state index in [-0.39, 0.29) is 42.6 Å². The lowest BCUT2D eigenvalue weighted by atomic mass is 9.94. The Bertz CT molecular complexity index is 1110. The van der Waals surface area contributed by atoms with Crippen molar-refractivity contribution in [1.82, 2.24) is 10.2 Å². The van der Waals surface area contributed by atoms with Gasteiger partial charge in [-0.15, -0.1) is 0 Å². The van der Waals surface area contributed by atoms with Gasteiger partial charge in [0.15, 0.2) is 0 Å². The Labute approximate surface area is 209 Å². The first-order valence-corrected chi connectivity index (χ1v) is 12.3. The maximum atomic E-state index is 13.4. The number of hydrogen-bond donors (Lipinski definition) is 2. The second-order valence-electron chi connectivity index (χ2n) is 8.90. The minimum Gasteiger partial charge on any atom is -0.490 e. The molecule has 2 aromatic rings. The van der Waals surface area contributed by atoms with Crippen molar-refractivity contribution >= 4 is 35.0 Å². The van der Waals surface area contributed by atoms with E-state index in [0.29, 0.717) is 53.4 Å². The van der Waals surface area contributed by atoms with E-state index in [1.54, 1.807) is 54.4 Å². The normalized spacial score (nSPS) is 21.6. The summed E-state index contributed by atoms with van der Waals surface area (Å²) in [6.07, 6.45) is 2.03. The Balaban J connectivity index is 1.47. The third kappa shape index (κ3) is 5.94. The van der Waals surface area contributed by atoms with Gasteiger partial charge in [0.25, 0.3) is 11.8 Å². The summed E-state index contributed by atoms with van der Waals surface area (Å²) in [5.41, 5.74) is 1.27. The van der Waals surface area contributed by atoms with E-state index < -0.39 is 0 Å². The predicted octanol–water partition coefficient (Wildman–Crippen LogP) is 3.89. The molecule has 1 fully saturated rings. The predicted molar refractivity (Wildman–Crippen MR) is 133 cm³/mol. The molecule has 4 rings (SSSR count). The number of carbonyl (C=O) groups is 3. The number of amides is 3. The number of nitrogens with zero attached hydrogens (tertiary/aromatic N) is 1. The van der Waals surface area contributed by atoms with Crippen molar-refractivity contribution in [3.8, 4) is 5.75 Å². The van der Waals surface area contributed by atoms with Gasteiger partial charge in [-0.05, 0) is 55.7 Å². The van der Waals surface area contributed by atoms with E-state index >= 15 is 0 Å². The van der Waals surface area contributed by atoms with Crippen LogP contribution in [0.25, 0.3) is 0 Å². The molecule has 2 aliphatic heterocycles. The lowest BCUT2D eigenvalue weighted by Crippen LogP contribution is -2.54. The molecule has 35 heavy (non-hydrogen) atoms. The number of anilines is 1. The maximum Gasteiger partial charge on any atom is 0.257 e. The first-order chi connectivity index (χ1) is 16.9. The van der Waals surface area contributed by atoms with Gasteiger partial charge in [-0.2, -0.15) is 0 Å². The summed E-state index contributed by atoms with van der Waals surface area (Å²) in [4.78, 5) is 39.8. The van der Waals surface area contributed by atoms with Gasteiger partial charge in [0.2, 0.25) is 5.91 Å². The van der Waals surface area contributed by atoms with Crippen LogP contribution >= 0.6 is 11.6 Å². The molecule has 3 atom stereocenters. The van der Waals surface area contributed by atoms with E-state index in [9.17, 15) is 14.4 Å². The third-order valence-corrected chi connectivity index (χ3v) is 6.58. The molecule has 0 radical (unpaired) electrons. The summed E-state index contributed by atoms with van der Waals surface area (Å²) in [5.74, 6) is -0.136. The fourth-order valence-corrected chi connectivity index (χ4v) is 4.67. The number of rotatable bonds is 6. The topological polar surface area (TPSA) is 97.0 Å². The van der Waals surface area contributed by atoms with Crippen LogP contribution in [0.2, 0.25) is 5.02 Å². The lowest BCUT2D eigenvalue weighted by molar-refractivity contribution is -0.134.